The van der Waals surface area contributed by atoms with Gasteiger partial charge in [-0.05, 0) is 90.6 Å². The van der Waals surface area contributed by atoms with Gasteiger partial charge in [0, 0.05) is 29.6 Å². The Morgan fingerprint density at radius 1 is 1.16 bits per heavy atom. The third-order valence-corrected chi connectivity index (χ3v) is 8.65. The van der Waals surface area contributed by atoms with Crippen molar-refractivity contribution in [2.45, 2.75) is 52.0 Å². The number of methoxy groups -OCH3 is 1. The minimum Gasteiger partial charge on any atom is -0.465 e. The molecule has 4 fully saturated rings. The molecule has 7 heteroatoms. The van der Waals surface area contributed by atoms with Crippen LogP contribution in [0.4, 0.5) is 0 Å². The maximum atomic E-state index is 12.7. The van der Waals surface area contributed by atoms with Crippen molar-refractivity contribution in [2.24, 2.45) is 23.2 Å². The number of esters is 1. The summed E-state index contributed by atoms with van der Waals surface area (Å²) in [7, 11) is 1.41. The summed E-state index contributed by atoms with van der Waals surface area (Å²) in [5.74, 6) is 2.39. The first kappa shape index (κ1) is 19.5. The largest absolute Gasteiger partial charge is 0.465 e. The van der Waals surface area contributed by atoms with Crippen molar-refractivity contribution < 1.29 is 9.53 Å². The molecule has 0 radical (unpaired) electrons. The average molecular weight is 483 g/mol. The first-order valence-electron chi connectivity index (χ1n) is 11.2. The molecule has 3 aromatic heterocycles. The van der Waals surface area contributed by atoms with E-state index in [2.05, 4.69) is 32.5 Å². The molecule has 6 nitrogen and oxygen atoms in total. The number of hydrogen-bond acceptors (Lipinski definition) is 4. The SMILES string of the molecule is COC(=O)c1c(-c2cnn(CC34CC5CC(CC(C5)C3)C4)c2C)ccn2c(Br)cnc12. The van der Waals surface area contributed by atoms with Gasteiger partial charge in [-0.25, -0.2) is 9.78 Å². The number of aromatic nitrogens is 4. The van der Waals surface area contributed by atoms with Crippen molar-refractivity contribution in [3.8, 4) is 11.1 Å². The zero-order chi connectivity index (χ0) is 21.3. The van der Waals surface area contributed by atoms with Crippen LogP contribution < -0.4 is 0 Å². The van der Waals surface area contributed by atoms with Crippen LogP contribution in [-0.4, -0.2) is 32.2 Å². The van der Waals surface area contributed by atoms with Crippen LogP contribution in [0.3, 0.4) is 0 Å². The lowest BCUT2D eigenvalue weighted by molar-refractivity contribution is -0.0638. The van der Waals surface area contributed by atoms with Gasteiger partial charge in [0.1, 0.15) is 10.2 Å². The van der Waals surface area contributed by atoms with E-state index in [9.17, 15) is 4.79 Å². The number of ether oxygens (including phenoxy) is 1. The third-order valence-electron chi connectivity index (χ3n) is 8.07. The van der Waals surface area contributed by atoms with Gasteiger partial charge in [-0.15, -0.1) is 0 Å². The molecule has 31 heavy (non-hydrogen) atoms. The topological polar surface area (TPSA) is 61.4 Å². The second-order valence-electron chi connectivity index (χ2n) is 10.1. The van der Waals surface area contributed by atoms with Crippen LogP contribution in [0.5, 0.6) is 0 Å². The molecule has 0 spiro atoms. The van der Waals surface area contributed by atoms with E-state index in [4.69, 9.17) is 9.84 Å². The lowest BCUT2D eigenvalue weighted by atomic mass is 9.49. The standard InChI is InChI=1S/C24H27BrN4O2/c1-14-19(18-3-4-28-20(25)12-26-22(28)21(18)23(30)31-2)11-27-29(14)13-24-8-15-5-16(9-24)7-17(6-15)10-24/h3-4,11-12,15-17H,5-10,13H2,1-2H3. The van der Waals surface area contributed by atoms with Gasteiger partial charge in [0.2, 0.25) is 0 Å². The predicted molar refractivity (Wildman–Crippen MR) is 121 cm³/mol. The summed E-state index contributed by atoms with van der Waals surface area (Å²) in [6.07, 6.45) is 14.0. The van der Waals surface area contributed by atoms with E-state index in [1.165, 1.54) is 45.6 Å². The quantitative estimate of drug-likeness (QED) is 0.475. The number of pyridine rings is 1. The van der Waals surface area contributed by atoms with E-state index in [1.807, 2.05) is 22.9 Å². The summed E-state index contributed by atoms with van der Waals surface area (Å²) in [5, 5.41) is 4.81. The molecule has 0 N–H and O–H groups in total. The first-order valence-corrected chi connectivity index (χ1v) is 12.0. The van der Waals surface area contributed by atoms with Gasteiger partial charge in [0.05, 0.1) is 19.5 Å². The molecule has 7 rings (SSSR count). The Balaban J connectivity index is 1.40. The van der Waals surface area contributed by atoms with Gasteiger partial charge < -0.3 is 4.74 Å². The fraction of sp³-hybridized carbons (Fsp3) is 0.542. The molecule has 4 saturated carbocycles. The van der Waals surface area contributed by atoms with Gasteiger partial charge in [-0.3, -0.25) is 9.08 Å². The van der Waals surface area contributed by atoms with Crippen molar-refractivity contribution in [3.05, 3.63) is 40.5 Å². The lowest BCUT2D eigenvalue weighted by Crippen LogP contribution is -2.48. The van der Waals surface area contributed by atoms with Gasteiger partial charge in [-0.2, -0.15) is 5.10 Å². The molecule has 4 bridgehead atoms. The van der Waals surface area contributed by atoms with E-state index in [1.54, 1.807) is 6.20 Å². The molecule has 162 valence electrons. The zero-order valence-corrected chi connectivity index (χ0v) is 19.6. The van der Waals surface area contributed by atoms with Gasteiger partial charge in [0.25, 0.3) is 0 Å². The molecule has 0 aromatic carbocycles. The summed E-state index contributed by atoms with van der Waals surface area (Å²) in [5.41, 5.74) is 4.39. The highest BCUT2D eigenvalue weighted by Gasteiger charge is 2.51. The highest BCUT2D eigenvalue weighted by atomic mass is 79.9. The first-order chi connectivity index (χ1) is 15.0. The number of nitrogens with zero attached hydrogens (tertiary/aromatic N) is 4. The van der Waals surface area contributed by atoms with Crippen LogP contribution in [0, 0.1) is 30.1 Å². The second kappa shape index (κ2) is 6.92. The minimum absolute atomic E-state index is 0.382. The molecule has 3 heterocycles. The molecule has 0 unspecified atom stereocenters. The van der Waals surface area contributed by atoms with Crippen molar-refractivity contribution in [2.75, 3.05) is 7.11 Å². The van der Waals surface area contributed by atoms with E-state index >= 15 is 0 Å². The summed E-state index contributed by atoms with van der Waals surface area (Å²) >= 11 is 3.49. The molecule has 4 aliphatic carbocycles. The Hall–Kier alpha value is -2.15. The molecular formula is C24H27BrN4O2. The Morgan fingerprint density at radius 3 is 2.48 bits per heavy atom. The van der Waals surface area contributed by atoms with E-state index in [0.717, 1.165) is 45.7 Å². The number of carbonyl (C=O) groups excluding carboxylic acids is 1. The summed E-state index contributed by atoms with van der Waals surface area (Å²) < 4.78 is 9.96. The maximum absolute atomic E-state index is 12.7. The molecular weight excluding hydrogens is 456 g/mol. The Morgan fingerprint density at radius 2 is 1.84 bits per heavy atom. The molecule has 0 saturated heterocycles. The van der Waals surface area contributed by atoms with Crippen molar-refractivity contribution >= 4 is 27.5 Å². The fourth-order valence-corrected chi connectivity index (χ4v) is 7.61. The minimum atomic E-state index is -0.382. The van der Waals surface area contributed by atoms with Gasteiger partial charge in [0.15, 0.2) is 5.65 Å². The molecule has 3 aromatic rings. The van der Waals surface area contributed by atoms with Crippen molar-refractivity contribution in [3.63, 3.8) is 0 Å². The second-order valence-corrected chi connectivity index (χ2v) is 10.9. The van der Waals surface area contributed by atoms with Crippen LogP contribution >= 0.6 is 15.9 Å². The summed E-state index contributed by atoms with van der Waals surface area (Å²) in [6, 6.07) is 1.96. The van der Waals surface area contributed by atoms with Gasteiger partial charge >= 0.3 is 5.97 Å². The molecule has 0 aliphatic heterocycles. The highest BCUT2D eigenvalue weighted by molar-refractivity contribution is 9.10. The number of hydrogen-bond donors (Lipinski definition) is 0. The molecule has 0 amide bonds. The van der Waals surface area contributed by atoms with Crippen molar-refractivity contribution in [1.82, 2.24) is 19.2 Å². The van der Waals surface area contributed by atoms with Gasteiger partial charge in [-0.1, -0.05) is 0 Å². The monoisotopic (exact) mass is 482 g/mol. The van der Waals surface area contributed by atoms with Crippen LogP contribution in [0.15, 0.2) is 29.3 Å². The number of carbonyl (C=O) groups is 1. The summed E-state index contributed by atoms with van der Waals surface area (Å²) in [6.45, 7) is 3.11. The average Bonchev–Trinajstić information content (AvgIpc) is 3.28. The predicted octanol–water partition coefficient (Wildman–Crippen LogP) is 5.27. The van der Waals surface area contributed by atoms with Crippen LogP contribution in [0.25, 0.3) is 16.8 Å². The number of fused-ring (bicyclic) bond motifs is 1. The van der Waals surface area contributed by atoms with E-state index < -0.39 is 0 Å². The Bertz CT molecular complexity index is 1160. The zero-order valence-electron chi connectivity index (χ0n) is 18.0. The van der Waals surface area contributed by atoms with E-state index in [-0.39, 0.29) is 5.97 Å². The summed E-state index contributed by atoms with van der Waals surface area (Å²) in [4.78, 5) is 17.2. The molecule has 4 aliphatic rings. The lowest BCUT2D eigenvalue weighted by Gasteiger charge is -2.56. The highest BCUT2D eigenvalue weighted by Crippen LogP contribution is 2.60. The maximum Gasteiger partial charge on any atom is 0.342 e. The smallest absolute Gasteiger partial charge is 0.342 e. The van der Waals surface area contributed by atoms with Crippen LogP contribution in [0.2, 0.25) is 0 Å². The normalized spacial score (nSPS) is 29.1. The van der Waals surface area contributed by atoms with Crippen molar-refractivity contribution in [1.29, 1.82) is 0 Å². The third kappa shape index (κ3) is 2.99. The molecule has 0 atom stereocenters. The number of rotatable bonds is 4. The van der Waals surface area contributed by atoms with Crippen LogP contribution in [0.1, 0.15) is 54.6 Å². The number of halogens is 1. The van der Waals surface area contributed by atoms with Crippen LogP contribution in [-0.2, 0) is 11.3 Å². The Kier molecular flexibility index (Phi) is 4.36. The van der Waals surface area contributed by atoms with E-state index in [0.29, 0.717) is 16.6 Å². The Labute approximate surface area is 190 Å². The fourth-order valence-electron chi connectivity index (χ4n) is 7.22. The number of imidazole rings is 1.